The lowest BCUT2D eigenvalue weighted by Gasteiger charge is -2.18. The molecule has 0 unspecified atom stereocenters. The number of rotatable bonds is 3. The zero-order chi connectivity index (χ0) is 11.5. The number of hydrogen-bond donors (Lipinski definition) is 0. The van der Waals surface area contributed by atoms with Crippen LogP contribution in [-0.2, 0) is 16.0 Å². The van der Waals surface area contributed by atoms with Crippen molar-refractivity contribution < 1.29 is 22.5 Å². The number of carbonyl (C=O) groups excluding carboxylic acids is 1. The molecule has 82 valence electrons. The fraction of sp³-hybridized carbons (Fsp3) is 0.222. The zero-order valence-corrected chi connectivity index (χ0v) is 8.04. The van der Waals surface area contributed by atoms with Crippen LogP contribution in [0.3, 0.4) is 0 Å². The summed E-state index contributed by atoms with van der Waals surface area (Å²) < 4.78 is 41.9. The highest BCUT2D eigenvalue weighted by molar-refractivity contribution is 6.74. The number of carbonyl (C=O) groups is 1. The molecule has 0 heterocycles. The molecule has 0 saturated carbocycles. The Bertz CT molecular complexity index is 363. The van der Waals surface area contributed by atoms with E-state index in [1.165, 1.54) is 18.2 Å². The lowest BCUT2D eigenvalue weighted by atomic mass is 9.76. The standard InChI is InChI=1S/C9H9BF3O2/c1-15-9(14)6-7-4-2-3-5-8(7)10(11,12)13/h2-5H,6H2,1H3/q-1. The SMILES string of the molecule is COC(=O)Cc1ccccc1[B-](F)(F)F. The first kappa shape index (κ1) is 11.6. The second-order valence-electron chi connectivity index (χ2n) is 3.03. The summed E-state index contributed by atoms with van der Waals surface area (Å²) in [5, 5.41) is 0. The molecule has 0 aliphatic carbocycles. The predicted molar refractivity (Wildman–Crippen MR) is 50.9 cm³/mol. The van der Waals surface area contributed by atoms with Gasteiger partial charge in [0.15, 0.2) is 0 Å². The van der Waals surface area contributed by atoms with Gasteiger partial charge < -0.3 is 17.7 Å². The largest absolute Gasteiger partial charge is 0.509 e. The predicted octanol–water partition coefficient (Wildman–Crippen LogP) is 1.46. The first-order chi connectivity index (χ1) is 6.95. The third-order valence-electron chi connectivity index (χ3n) is 1.97. The normalized spacial score (nSPS) is 11.2. The van der Waals surface area contributed by atoms with Crippen molar-refractivity contribution in [2.24, 2.45) is 0 Å². The lowest BCUT2D eigenvalue weighted by Crippen LogP contribution is -2.37. The van der Waals surface area contributed by atoms with Gasteiger partial charge in [-0.05, 0) is 0 Å². The van der Waals surface area contributed by atoms with Gasteiger partial charge in [0.2, 0.25) is 0 Å². The Kier molecular flexibility index (Phi) is 3.39. The Morgan fingerprint density at radius 1 is 1.33 bits per heavy atom. The maximum absolute atomic E-state index is 12.5. The molecule has 1 rings (SSSR count). The van der Waals surface area contributed by atoms with Crippen molar-refractivity contribution in [2.45, 2.75) is 6.42 Å². The van der Waals surface area contributed by atoms with Crippen molar-refractivity contribution in [1.29, 1.82) is 0 Å². The van der Waals surface area contributed by atoms with Gasteiger partial charge >= 0.3 is 12.9 Å². The maximum Gasteiger partial charge on any atom is 0.509 e. The van der Waals surface area contributed by atoms with Crippen LogP contribution >= 0.6 is 0 Å². The molecule has 2 nitrogen and oxygen atoms in total. The number of hydrogen-bond acceptors (Lipinski definition) is 2. The second-order valence-corrected chi connectivity index (χ2v) is 3.03. The van der Waals surface area contributed by atoms with E-state index in [1.54, 1.807) is 0 Å². The summed E-state index contributed by atoms with van der Waals surface area (Å²) >= 11 is 0. The Labute approximate surface area is 85.1 Å². The van der Waals surface area contributed by atoms with Crippen LogP contribution in [-0.4, -0.2) is 20.1 Å². The van der Waals surface area contributed by atoms with Crippen molar-refractivity contribution in [3.8, 4) is 0 Å². The van der Waals surface area contributed by atoms with E-state index in [0.717, 1.165) is 13.2 Å². The summed E-state index contributed by atoms with van der Waals surface area (Å²) in [5.41, 5.74) is -0.778. The third kappa shape index (κ3) is 3.01. The molecule has 0 fully saturated rings. The van der Waals surface area contributed by atoms with Crippen LogP contribution in [0, 0.1) is 0 Å². The van der Waals surface area contributed by atoms with Crippen molar-refractivity contribution in [3.05, 3.63) is 29.8 Å². The van der Waals surface area contributed by atoms with Gasteiger partial charge in [-0.3, -0.25) is 4.79 Å². The van der Waals surface area contributed by atoms with E-state index in [0.29, 0.717) is 0 Å². The molecule has 1 aromatic rings. The average molecular weight is 217 g/mol. The lowest BCUT2D eigenvalue weighted by molar-refractivity contribution is -0.139. The molecule has 0 atom stereocenters. The van der Waals surface area contributed by atoms with Gasteiger partial charge in [0.05, 0.1) is 13.5 Å². The molecule has 0 amide bonds. The smallest absolute Gasteiger partial charge is 0.469 e. The van der Waals surface area contributed by atoms with Gasteiger partial charge in [-0.25, -0.2) is 0 Å². The number of esters is 1. The van der Waals surface area contributed by atoms with Gasteiger partial charge in [0.1, 0.15) is 0 Å². The fourth-order valence-corrected chi connectivity index (χ4v) is 1.24. The average Bonchev–Trinajstić information content (AvgIpc) is 2.17. The molecule has 0 N–H and O–H groups in total. The zero-order valence-electron chi connectivity index (χ0n) is 8.04. The van der Waals surface area contributed by atoms with E-state index in [2.05, 4.69) is 4.74 Å². The van der Waals surface area contributed by atoms with Crippen molar-refractivity contribution in [3.63, 3.8) is 0 Å². The quantitative estimate of drug-likeness (QED) is 0.565. The minimum absolute atomic E-state index is 0.0446. The summed E-state index contributed by atoms with van der Waals surface area (Å²) in [4.78, 5) is 10.9. The topological polar surface area (TPSA) is 26.3 Å². The van der Waals surface area contributed by atoms with Crippen LogP contribution in [0.15, 0.2) is 24.3 Å². The van der Waals surface area contributed by atoms with Crippen LogP contribution in [0.1, 0.15) is 5.56 Å². The summed E-state index contributed by atoms with van der Waals surface area (Å²) in [5.74, 6) is -0.678. The number of benzene rings is 1. The van der Waals surface area contributed by atoms with Crippen LogP contribution in [0.25, 0.3) is 0 Å². The van der Waals surface area contributed by atoms with Crippen molar-refractivity contribution in [1.82, 2.24) is 0 Å². The summed E-state index contributed by atoms with van der Waals surface area (Å²) in [6.07, 6.45) is -0.353. The van der Waals surface area contributed by atoms with E-state index in [-0.39, 0.29) is 12.0 Å². The van der Waals surface area contributed by atoms with Gasteiger partial charge in [-0.15, -0.1) is 5.46 Å². The summed E-state index contributed by atoms with van der Waals surface area (Å²) in [6, 6.07) is 5.01. The Balaban J connectivity index is 3.02. The van der Waals surface area contributed by atoms with Gasteiger partial charge in [0, 0.05) is 0 Å². The minimum atomic E-state index is -5.08. The third-order valence-corrected chi connectivity index (χ3v) is 1.97. The fourth-order valence-electron chi connectivity index (χ4n) is 1.24. The minimum Gasteiger partial charge on any atom is -0.469 e. The van der Waals surface area contributed by atoms with Crippen LogP contribution in [0.5, 0.6) is 0 Å². The molecule has 0 bridgehead atoms. The first-order valence-corrected chi connectivity index (χ1v) is 4.29. The van der Waals surface area contributed by atoms with E-state index in [1.807, 2.05) is 0 Å². The second kappa shape index (κ2) is 4.38. The maximum atomic E-state index is 12.5. The first-order valence-electron chi connectivity index (χ1n) is 4.29. The Morgan fingerprint density at radius 2 is 1.93 bits per heavy atom. The van der Waals surface area contributed by atoms with Crippen molar-refractivity contribution >= 4 is 18.4 Å². The Hall–Kier alpha value is -1.46. The van der Waals surface area contributed by atoms with E-state index < -0.39 is 18.4 Å². The van der Waals surface area contributed by atoms with Crippen molar-refractivity contribution in [2.75, 3.05) is 7.11 Å². The van der Waals surface area contributed by atoms with Crippen LogP contribution < -0.4 is 5.46 Å². The van der Waals surface area contributed by atoms with Gasteiger partial charge in [-0.2, -0.15) is 0 Å². The van der Waals surface area contributed by atoms with Gasteiger partial charge in [0.25, 0.3) is 0 Å². The van der Waals surface area contributed by atoms with E-state index in [9.17, 15) is 17.7 Å². The molecular formula is C9H9BF3O2-. The highest BCUT2D eigenvalue weighted by atomic mass is 19.4. The molecule has 0 aromatic heterocycles. The molecular weight excluding hydrogens is 208 g/mol. The number of halogens is 3. The Morgan fingerprint density at radius 3 is 2.47 bits per heavy atom. The van der Waals surface area contributed by atoms with E-state index in [4.69, 9.17) is 0 Å². The summed E-state index contributed by atoms with van der Waals surface area (Å²) in [7, 11) is 1.14. The highest BCUT2D eigenvalue weighted by Gasteiger charge is 2.28. The molecule has 0 aliphatic rings. The van der Waals surface area contributed by atoms with Crippen LogP contribution in [0.4, 0.5) is 12.9 Å². The molecule has 0 aliphatic heterocycles. The number of ether oxygens (including phenoxy) is 1. The molecule has 1 aromatic carbocycles. The molecule has 15 heavy (non-hydrogen) atoms. The molecule has 0 radical (unpaired) electrons. The molecule has 6 heteroatoms. The molecule has 0 saturated heterocycles. The highest BCUT2D eigenvalue weighted by Crippen LogP contribution is 2.12. The van der Waals surface area contributed by atoms with E-state index >= 15 is 0 Å². The van der Waals surface area contributed by atoms with Crippen LogP contribution in [0.2, 0.25) is 0 Å². The summed E-state index contributed by atoms with van der Waals surface area (Å²) in [6.45, 7) is -5.08. The van der Waals surface area contributed by atoms with Gasteiger partial charge in [-0.1, -0.05) is 29.8 Å². The number of methoxy groups -OCH3 is 1. The monoisotopic (exact) mass is 217 g/mol. The molecule has 0 spiro atoms.